The number of benzene rings is 1. The molecule has 2 aromatic rings. The first kappa shape index (κ1) is 18.1. The van der Waals surface area contributed by atoms with Crippen molar-refractivity contribution >= 4 is 29.1 Å². The van der Waals surface area contributed by atoms with Crippen molar-refractivity contribution in [2.75, 3.05) is 6.61 Å². The fourth-order valence-electron chi connectivity index (χ4n) is 2.66. The summed E-state index contributed by atoms with van der Waals surface area (Å²) in [6.45, 7) is -0.450. The van der Waals surface area contributed by atoms with Crippen LogP contribution in [0.3, 0.4) is 0 Å². The molecule has 8 heteroatoms. The maximum atomic E-state index is 13.2. The molecule has 136 valence electrons. The fraction of sp³-hybridized carbons (Fsp3) is 0.278. The van der Waals surface area contributed by atoms with Crippen LogP contribution in [-0.2, 0) is 19.1 Å². The summed E-state index contributed by atoms with van der Waals surface area (Å²) < 4.78 is 18.2. The molecule has 0 bridgehead atoms. The highest BCUT2D eigenvalue weighted by atomic mass is 32.1. The van der Waals surface area contributed by atoms with Gasteiger partial charge >= 0.3 is 5.97 Å². The number of thiophene rings is 1. The van der Waals surface area contributed by atoms with E-state index in [0.717, 1.165) is 10.4 Å². The second kappa shape index (κ2) is 8.09. The molecule has 1 aliphatic heterocycles. The van der Waals surface area contributed by atoms with Crippen LogP contribution in [0.2, 0.25) is 0 Å². The van der Waals surface area contributed by atoms with Gasteiger partial charge in [0.1, 0.15) is 11.9 Å². The molecule has 3 rings (SSSR count). The zero-order valence-corrected chi connectivity index (χ0v) is 14.6. The molecular weight excluding hydrogens is 359 g/mol. The maximum absolute atomic E-state index is 13.2. The number of hydrogen-bond donors (Lipinski definition) is 2. The van der Waals surface area contributed by atoms with Crippen LogP contribution < -0.4 is 10.6 Å². The summed E-state index contributed by atoms with van der Waals surface area (Å²) in [5, 5.41) is 7.16. The molecule has 0 aliphatic carbocycles. The Balaban J connectivity index is 1.61. The van der Waals surface area contributed by atoms with Crippen LogP contribution in [0.5, 0.6) is 0 Å². The van der Waals surface area contributed by atoms with Crippen LogP contribution in [-0.4, -0.2) is 30.4 Å². The molecule has 1 fully saturated rings. The van der Waals surface area contributed by atoms with Gasteiger partial charge in [-0.15, -0.1) is 11.3 Å². The molecule has 1 aromatic carbocycles. The lowest BCUT2D eigenvalue weighted by Gasteiger charge is -2.18. The van der Waals surface area contributed by atoms with E-state index in [4.69, 9.17) is 4.74 Å². The number of carbonyl (C=O) groups excluding carboxylic acids is 3. The minimum atomic E-state index is -0.694. The molecule has 0 spiro atoms. The largest absolute Gasteiger partial charge is 0.454 e. The monoisotopic (exact) mass is 376 g/mol. The van der Waals surface area contributed by atoms with E-state index in [1.165, 1.54) is 23.5 Å². The Morgan fingerprint density at radius 2 is 2.08 bits per heavy atom. The molecule has 6 nitrogen and oxygen atoms in total. The minimum Gasteiger partial charge on any atom is -0.454 e. The van der Waals surface area contributed by atoms with Crippen LogP contribution in [0.4, 0.5) is 4.39 Å². The fourth-order valence-corrected chi connectivity index (χ4v) is 3.46. The molecule has 1 aliphatic rings. The van der Waals surface area contributed by atoms with Crippen molar-refractivity contribution in [3.63, 3.8) is 0 Å². The van der Waals surface area contributed by atoms with Crippen LogP contribution in [0, 0.1) is 5.82 Å². The van der Waals surface area contributed by atoms with E-state index in [1.54, 1.807) is 12.1 Å². The lowest BCUT2D eigenvalue weighted by Crippen LogP contribution is -2.38. The molecule has 2 N–H and O–H groups in total. The van der Waals surface area contributed by atoms with Crippen molar-refractivity contribution in [1.82, 2.24) is 10.6 Å². The number of nitrogens with one attached hydrogen (secondary N) is 2. The summed E-state index contributed by atoms with van der Waals surface area (Å²) in [6.07, 6.45) is 0.643. The SMILES string of the molecule is O=C(COC(=O)[C@H]1CCC(=O)N1)N[C@@H](c1ccc(F)cc1)c1cccs1. The highest BCUT2D eigenvalue weighted by molar-refractivity contribution is 7.10. The van der Waals surface area contributed by atoms with Crippen LogP contribution in [0.15, 0.2) is 41.8 Å². The van der Waals surface area contributed by atoms with E-state index in [-0.39, 0.29) is 18.1 Å². The molecule has 2 amide bonds. The number of carbonyl (C=O) groups is 3. The first-order chi connectivity index (χ1) is 12.5. The van der Waals surface area contributed by atoms with Crippen molar-refractivity contribution in [1.29, 1.82) is 0 Å². The zero-order valence-electron chi connectivity index (χ0n) is 13.7. The van der Waals surface area contributed by atoms with E-state index in [1.807, 2.05) is 17.5 Å². The second-order valence-corrected chi connectivity index (χ2v) is 6.81. The average molecular weight is 376 g/mol. The first-order valence-corrected chi connectivity index (χ1v) is 8.95. The van der Waals surface area contributed by atoms with Crippen LogP contribution in [0.25, 0.3) is 0 Å². The van der Waals surface area contributed by atoms with Crippen LogP contribution in [0.1, 0.15) is 29.3 Å². The van der Waals surface area contributed by atoms with Gasteiger partial charge in [0.05, 0.1) is 6.04 Å². The first-order valence-electron chi connectivity index (χ1n) is 8.07. The molecule has 2 heterocycles. The maximum Gasteiger partial charge on any atom is 0.329 e. The van der Waals surface area contributed by atoms with Crippen molar-refractivity contribution in [3.05, 3.63) is 58.0 Å². The van der Waals surface area contributed by atoms with E-state index in [9.17, 15) is 18.8 Å². The predicted molar refractivity (Wildman–Crippen MR) is 92.8 cm³/mol. The molecular formula is C18H17FN2O4S. The van der Waals surface area contributed by atoms with Gasteiger partial charge in [-0.25, -0.2) is 9.18 Å². The number of ether oxygens (including phenoxy) is 1. The molecule has 0 radical (unpaired) electrons. The van der Waals surface area contributed by atoms with Gasteiger partial charge in [0.25, 0.3) is 5.91 Å². The Bertz CT molecular complexity index is 792. The molecule has 0 unspecified atom stereocenters. The third kappa shape index (κ3) is 4.45. The van der Waals surface area contributed by atoms with Crippen LogP contribution >= 0.6 is 11.3 Å². The standard InChI is InChI=1S/C18H17FN2O4S/c19-12-5-3-11(4-6-12)17(14-2-1-9-26-14)21-16(23)10-25-18(24)13-7-8-15(22)20-13/h1-6,9,13,17H,7-8,10H2,(H,20,22)(H,21,23)/t13-,17+/m1/s1. The Morgan fingerprint density at radius 1 is 1.31 bits per heavy atom. The number of esters is 1. The Labute approximate surface area is 153 Å². The molecule has 0 saturated carbocycles. The topological polar surface area (TPSA) is 84.5 Å². The van der Waals surface area contributed by atoms with Gasteiger partial charge in [-0.1, -0.05) is 18.2 Å². The zero-order chi connectivity index (χ0) is 18.5. The van der Waals surface area contributed by atoms with Gasteiger partial charge in [0.15, 0.2) is 6.61 Å². The van der Waals surface area contributed by atoms with Gasteiger partial charge in [0, 0.05) is 11.3 Å². The summed E-state index contributed by atoms with van der Waals surface area (Å²) in [7, 11) is 0. The highest BCUT2D eigenvalue weighted by Crippen LogP contribution is 2.26. The van der Waals surface area contributed by atoms with E-state index in [0.29, 0.717) is 6.42 Å². The smallest absolute Gasteiger partial charge is 0.329 e. The number of rotatable bonds is 6. The summed E-state index contributed by atoms with van der Waals surface area (Å²) in [6, 6.07) is 8.40. The third-order valence-electron chi connectivity index (χ3n) is 3.96. The predicted octanol–water partition coefficient (Wildman–Crippen LogP) is 1.91. The summed E-state index contributed by atoms with van der Waals surface area (Å²) in [5.74, 6) is -1.67. The summed E-state index contributed by atoms with van der Waals surface area (Å²) in [5.41, 5.74) is 0.719. The lowest BCUT2D eigenvalue weighted by molar-refractivity contribution is -0.150. The molecule has 2 atom stereocenters. The summed E-state index contributed by atoms with van der Waals surface area (Å²) >= 11 is 1.45. The van der Waals surface area contributed by atoms with Gasteiger partial charge in [-0.2, -0.15) is 0 Å². The van der Waals surface area contributed by atoms with Gasteiger partial charge < -0.3 is 15.4 Å². The van der Waals surface area contributed by atoms with Crippen molar-refractivity contribution in [2.45, 2.75) is 24.9 Å². The second-order valence-electron chi connectivity index (χ2n) is 5.83. The lowest BCUT2D eigenvalue weighted by atomic mass is 10.1. The number of halogens is 1. The average Bonchev–Trinajstić information content (AvgIpc) is 3.30. The normalized spacial score (nSPS) is 17.4. The quantitative estimate of drug-likeness (QED) is 0.755. The Morgan fingerprint density at radius 3 is 2.69 bits per heavy atom. The van der Waals surface area contributed by atoms with Crippen molar-refractivity contribution < 1.29 is 23.5 Å². The van der Waals surface area contributed by atoms with Gasteiger partial charge in [0.2, 0.25) is 5.91 Å². The van der Waals surface area contributed by atoms with Gasteiger partial charge in [-0.3, -0.25) is 9.59 Å². The number of amides is 2. The van der Waals surface area contributed by atoms with E-state index < -0.39 is 30.6 Å². The van der Waals surface area contributed by atoms with E-state index >= 15 is 0 Å². The molecule has 1 saturated heterocycles. The molecule has 1 aromatic heterocycles. The van der Waals surface area contributed by atoms with Crippen molar-refractivity contribution in [3.8, 4) is 0 Å². The highest BCUT2D eigenvalue weighted by Gasteiger charge is 2.29. The van der Waals surface area contributed by atoms with Crippen molar-refractivity contribution in [2.24, 2.45) is 0 Å². The minimum absolute atomic E-state index is 0.203. The molecule has 26 heavy (non-hydrogen) atoms. The Kier molecular flexibility index (Phi) is 5.62. The van der Waals surface area contributed by atoms with E-state index in [2.05, 4.69) is 10.6 Å². The summed E-state index contributed by atoms with van der Waals surface area (Å²) in [4.78, 5) is 36.1. The van der Waals surface area contributed by atoms with Gasteiger partial charge in [-0.05, 0) is 35.6 Å². The number of hydrogen-bond acceptors (Lipinski definition) is 5. The Hall–Kier alpha value is -2.74. The third-order valence-corrected chi connectivity index (χ3v) is 4.90.